The van der Waals surface area contributed by atoms with Crippen LogP contribution in [-0.2, 0) is 9.53 Å². The van der Waals surface area contributed by atoms with Crippen LogP contribution in [0.25, 0.3) is 0 Å². The van der Waals surface area contributed by atoms with Crippen molar-refractivity contribution in [2.45, 2.75) is 20.8 Å². The summed E-state index contributed by atoms with van der Waals surface area (Å²) in [5.74, 6) is -0.274. The molecule has 0 heterocycles. The standard InChI is InChI=1S/C15H21NO2/c1-11-6-7-14(13(3)10-11)16(4)9-8-12(2)15(17)18-5/h6-8,10H,9H2,1-5H3. The van der Waals surface area contributed by atoms with E-state index in [2.05, 4.69) is 41.7 Å². The maximum absolute atomic E-state index is 11.3. The minimum atomic E-state index is -0.274. The predicted octanol–water partition coefficient (Wildman–Crippen LogP) is 2.86. The Bertz CT molecular complexity index is 464. The first-order chi connectivity index (χ1) is 8.45. The highest BCUT2D eigenvalue weighted by Gasteiger charge is 2.06. The molecule has 3 nitrogen and oxygen atoms in total. The van der Waals surface area contributed by atoms with Crippen molar-refractivity contribution in [3.05, 3.63) is 41.0 Å². The van der Waals surface area contributed by atoms with Gasteiger partial charge >= 0.3 is 5.97 Å². The number of carbonyl (C=O) groups is 1. The number of esters is 1. The van der Waals surface area contributed by atoms with E-state index in [0.717, 1.165) is 0 Å². The first-order valence-corrected chi connectivity index (χ1v) is 5.99. The third-order valence-corrected chi connectivity index (χ3v) is 2.94. The van der Waals surface area contributed by atoms with E-state index in [1.807, 2.05) is 13.1 Å². The maximum Gasteiger partial charge on any atom is 0.333 e. The Labute approximate surface area is 109 Å². The number of carbonyl (C=O) groups excluding carboxylic acids is 1. The number of nitrogens with zero attached hydrogens (tertiary/aromatic N) is 1. The molecule has 0 bridgehead atoms. The van der Waals surface area contributed by atoms with E-state index in [0.29, 0.717) is 12.1 Å². The number of rotatable bonds is 4. The van der Waals surface area contributed by atoms with Gasteiger partial charge in [-0.3, -0.25) is 0 Å². The summed E-state index contributed by atoms with van der Waals surface area (Å²) in [4.78, 5) is 13.4. The van der Waals surface area contributed by atoms with Gasteiger partial charge in [0.1, 0.15) is 0 Å². The van der Waals surface area contributed by atoms with Crippen LogP contribution in [-0.4, -0.2) is 26.7 Å². The van der Waals surface area contributed by atoms with Gasteiger partial charge in [0.2, 0.25) is 0 Å². The van der Waals surface area contributed by atoms with Crippen LogP contribution in [0.1, 0.15) is 18.1 Å². The molecule has 0 aliphatic heterocycles. The third kappa shape index (κ3) is 3.62. The molecular formula is C15H21NO2. The van der Waals surface area contributed by atoms with E-state index in [1.165, 1.54) is 23.9 Å². The Morgan fingerprint density at radius 1 is 1.39 bits per heavy atom. The summed E-state index contributed by atoms with van der Waals surface area (Å²) in [6.07, 6.45) is 1.88. The highest BCUT2D eigenvalue weighted by atomic mass is 16.5. The predicted molar refractivity (Wildman–Crippen MR) is 75.0 cm³/mol. The number of methoxy groups -OCH3 is 1. The lowest BCUT2D eigenvalue weighted by atomic mass is 10.1. The highest BCUT2D eigenvalue weighted by Crippen LogP contribution is 2.19. The van der Waals surface area contributed by atoms with Crippen LogP contribution in [0, 0.1) is 13.8 Å². The molecule has 0 aliphatic rings. The van der Waals surface area contributed by atoms with E-state index in [-0.39, 0.29) is 5.97 Å². The molecule has 0 fully saturated rings. The van der Waals surface area contributed by atoms with Gasteiger partial charge in [-0.2, -0.15) is 0 Å². The smallest absolute Gasteiger partial charge is 0.333 e. The number of hydrogen-bond donors (Lipinski definition) is 0. The second-order valence-electron chi connectivity index (χ2n) is 4.55. The topological polar surface area (TPSA) is 29.5 Å². The summed E-state index contributed by atoms with van der Waals surface area (Å²) in [7, 11) is 3.41. The van der Waals surface area contributed by atoms with Gasteiger partial charge in [0.05, 0.1) is 7.11 Å². The van der Waals surface area contributed by atoms with E-state index >= 15 is 0 Å². The van der Waals surface area contributed by atoms with Crippen LogP contribution >= 0.6 is 0 Å². The van der Waals surface area contributed by atoms with Gasteiger partial charge in [-0.15, -0.1) is 0 Å². The zero-order valence-electron chi connectivity index (χ0n) is 11.8. The Kier molecular flexibility index (Phi) is 4.95. The Balaban J connectivity index is 2.77. The van der Waals surface area contributed by atoms with Gasteiger partial charge in [0.15, 0.2) is 0 Å². The molecule has 1 aromatic carbocycles. The summed E-state index contributed by atoms with van der Waals surface area (Å²) >= 11 is 0. The van der Waals surface area contributed by atoms with E-state index < -0.39 is 0 Å². The zero-order valence-corrected chi connectivity index (χ0v) is 11.8. The number of aryl methyl sites for hydroxylation is 2. The molecule has 0 spiro atoms. The second-order valence-corrected chi connectivity index (χ2v) is 4.55. The van der Waals surface area contributed by atoms with Gasteiger partial charge in [0, 0.05) is 24.9 Å². The molecule has 0 aromatic heterocycles. The van der Waals surface area contributed by atoms with Crippen molar-refractivity contribution in [2.75, 3.05) is 25.6 Å². The van der Waals surface area contributed by atoms with Crippen molar-refractivity contribution in [1.82, 2.24) is 0 Å². The van der Waals surface area contributed by atoms with Crippen LogP contribution < -0.4 is 4.90 Å². The average molecular weight is 247 g/mol. The summed E-state index contributed by atoms with van der Waals surface area (Å²) in [6.45, 7) is 6.63. The highest BCUT2D eigenvalue weighted by molar-refractivity contribution is 5.87. The lowest BCUT2D eigenvalue weighted by Gasteiger charge is -2.20. The van der Waals surface area contributed by atoms with Gasteiger partial charge in [-0.25, -0.2) is 4.79 Å². The molecule has 1 aromatic rings. The van der Waals surface area contributed by atoms with Crippen LogP contribution in [0.5, 0.6) is 0 Å². The third-order valence-electron chi connectivity index (χ3n) is 2.94. The molecule has 0 atom stereocenters. The summed E-state index contributed by atoms with van der Waals surface area (Å²) < 4.78 is 4.66. The van der Waals surface area contributed by atoms with Crippen LogP contribution in [0.15, 0.2) is 29.8 Å². The van der Waals surface area contributed by atoms with Crippen molar-refractivity contribution in [2.24, 2.45) is 0 Å². The molecule has 0 saturated carbocycles. The number of likely N-dealkylation sites (N-methyl/N-ethyl adjacent to an activating group) is 1. The van der Waals surface area contributed by atoms with Crippen molar-refractivity contribution >= 4 is 11.7 Å². The van der Waals surface area contributed by atoms with Crippen LogP contribution in [0.4, 0.5) is 5.69 Å². The second kappa shape index (κ2) is 6.24. The zero-order chi connectivity index (χ0) is 13.7. The quantitative estimate of drug-likeness (QED) is 0.605. The summed E-state index contributed by atoms with van der Waals surface area (Å²) in [5.41, 5.74) is 4.30. The van der Waals surface area contributed by atoms with Crippen molar-refractivity contribution in [3.8, 4) is 0 Å². The minimum Gasteiger partial charge on any atom is -0.466 e. The molecular weight excluding hydrogens is 226 g/mol. The first-order valence-electron chi connectivity index (χ1n) is 5.99. The van der Waals surface area contributed by atoms with Gasteiger partial charge in [-0.05, 0) is 32.4 Å². The molecule has 98 valence electrons. The van der Waals surface area contributed by atoms with E-state index in [4.69, 9.17) is 0 Å². The Morgan fingerprint density at radius 2 is 2.06 bits per heavy atom. The molecule has 3 heteroatoms. The summed E-state index contributed by atoms with van der Waals surface area (Å²) in [5, 5.41) is 0. The molecule has 0 aliphatic carbocycles. The van der Waals surface area contributed by atoms with Crippen molar-refractivity contribution in [1.29, 1.82) is 0 Å². The molecule has 0 amide bonds. The fraction of sp³-hybridized carbons (Fsp3) is 0.400. The normalized spacial score (nSPS) is 11.3. The summed E-state index contributed by atoms with van der Waals surface area (Å²) in [6, 6.07) is 6.35. The molecule has 0 saturated heterocycles. The van der Waals surface area contributed by atoms with Gasteiger partial charge in [-0.1, -0.05) is 23.8 Å². The average Bonchev–Trinajstić information content (AvgIpc) is 2.34. The largest absolute Gasteiger partial charge is 0.466 e. The number of hydrogen-bond acceptors (Lipinski definition) is 3. The lowest BCUT2D eigenvalue weighted by molar-refractivity contribution is -0.136. The van der Waals surface area contributed by atoms with Crippen molar-refractivity contribution < 1.29 is 9.53 Å². The monoisotopic (exact) mass is 247 g/mol. The SMILES string of the molecule is COC(=O)C(C)=CCN(C)c1ccc(C)cc1C. The van der Waals surface area contributed by atoms with Crippen molar-refractivity contribution in [3.63, 3.8) is 0 Å². The Hall–Kier alpha value is -1.77. The minimum absolute atomic E-state index is 0.274. The number of anilines is 1. The number of ether oxygens (including phenoxy) is 1. The fourth-order valence-corrected chi connectivity index (χ4v) is 1.85. The first kappa shape index (κ1) is 14.3. The van der Waals surface area contributed by atoms with E-state index in [9.17, 15) is 4.79 Å². The molecule has 18 heavy (non-hydrogen) atoms. The van der Waals surface area contributed by atoms with Gasteiger partial charge in [0.25, 0.3) is 0 Å². The molecule has 0 unspecified atom stereocenters. The fourth-order valence-electron chi connectivity index (χ4n) is 1.85. The van der Waals surface area contributed by atoms with E-state index in [1.54, 1.807) is 6.92 Å². The molecule has 0 radical (unpaired) electrons. The van der Waals surface area contributed by atoms with Crippen LogP contribution in [0.3, 0.4) is 0 Å². The molecule has 1 rings (SSSR count). The van der Waals surface area contributed by atoms with Gasteiger partial charge < -0.3 is 9.64 Å². The lowest BCUT2D eigenvalue weighted by Crippen LogP contribution is -2.19. The molecule has 0 N–H and O–H groups in total. The number of benzene rings is 1. The van der Waals surface area contributed by atoms with Crippen LogP contribution in [0.2, 0.25) is 0 Å². The maximum atomic E-state index is 11.3. The Morgan fingerprint density at radius 3 is 2.61 bits per heavy atom.